The maximum Gasteiger partial charge on any atom is 0.183 e. The molecule has 1 heterocycles. The Bertz CT molecular complexity index is 379. The number of nitrogens with zero attached hydrogens (tertiary/aromatic N) is 2. The first kappa shape index (κ1) is 13.3. The molecule has 1 fully saturated rings. The molecule has 4 heteroatoms. The van der Waals surface area contributed by atoms with Crippen molar-refractivity contribution in [2.24, 2.45) is 5.92 Å². The Morgan fingerprint density at radius 3 is 2.78 bits per heavy atom. The van der Waals surface area contributed by atoms with E-state index in [9.17, 15) is 4.79 Å². The second kappa shape index (κ2) is 6.69. The number of ether oxygens (including phenoxy) is 1. The predicted molar refractivity (Wildman–Crippen MR) is 69.6 cm³/mol. The van der Waals surface area contributed by atoms with Gasteiger partial charge in [0, 0.05) is 19.2 Å². The lowest BCUT2D eigenvalue weighted by Crippen LogP contribution is -2.20. The summed E-state index contributed by atoms with van der Waals surface area (Å²) < 4.78 is 6.82. The second-order valence-electron chi connectivity index (χ2n) is 4.99. The van der Waals surface area contributed by atoms with Crippen molar-refractivity contribution in [2.75, 3.05) is 13.7 Å². The van der Waals surface area contributed by atoms with E-state index in [0.29, 0.717) is 13.2 Å². The minimum Gasteiger partial charge on any atom is -0.383 e. The number of rotatable bonds is 5. The van der Waals surface area contributed by atoms with E-state index in [1.807, 2.05) is 6.07 Å². The fraction of sp³-hybridized carbons (Fsp3) is 0.714. The fourth-order valence-corrected chi connectivity index (χ4v) is 2.65. The molecule has 0 atom stereocenters. The molecule has 0 saturated heterocycles. The molecule has 0 aromatic carbocycles. The van der Waals surface area contributed by atoms with Gasteiger partial charge in [0.2, 0.25) is 0 Å². The van der Waals surface area contributed by atoms with Crippen molar-refractivity contribution in [1.82, 2.24) is 9.78 Å². The van der Waals surface area contributed by atoms with E-state index >= 15 is 0 Å². The van der Waals surface area contributed by atoms with E-state index in [1.54, 1.807) is 18.0 Å². The summed E-state index contributed by atoms with van der Waals surface area (Å²) in [5.74, 6) is 0.469. The molecule has 1 aromatic rings. The van der Waals surface area contributed by atoms with Gasteiger partial charge in [-0.05, 0) is 18.9 Å². The molecule has 1 aliphatic rings. The molecule has 0 aliphatic heterocycles. The van der Waals surface area contributed by atoms with Crippen LogP contribution in [0.3, 0.4) is 0 Å². The summed E-state index contributed by atoms with van der Waals surface area (Å²) in [6.45, 7) is 1.24. The third kappa shape index (κ3) is 3.19. The van der Waals surface area contributed by atoms with Crippen LogP contribution in [0.25, 0.3) is 0 Å². The molecule has 0 unspecified atom stereocenters. The van der Waals surface area contributed by atoms with Crippen LogP contribution >= 0.6 is 0 Å². The van der Waals surface area contributed by atoms with E-state index in [0.717, 1.165) is 18.5 Å². The Hall–Kier alpha value is -1.16. The van der Waals surface area contributed by atoms with Gasteiger partial charge >= 0.3 is 0 Å². The van der Waals surface area contributed by atoms with Crippen LogP contribution in [0.15, 0.2) is 12.3 Å². The van der Waals surface area contributed by atoms with Crippen molar-refractivity contribution < 1.29 is 9.53 Å². The molecule has 0 spiro atoms. The van der Waals surface area contributed by atoms with E-state index < -0.39 is 0 Å². The van der Waals surface area contributed by atoms with Crippen LogP contribution in [0.1, 0.15) is 49.0 Å². The summed E-state index contributed by atoms with van der Waals surface area (Å²) in [5.41, 5.74) is 0.749. The van der Waals surface area contributed by atoms with Crippen LogP contribution < -0.4 is 0 Å². The maximum atomic E-state index is 12.5. The highest BCUT2D eigenvalue weighted by Crippen LogP contribution is 2.25. The number of Topliss-reactive ketones (excluding diaryl/α,β-unsaturated/α-hetero) is 1. The van der Waals surface area contributed by atoms with Gasteiger partial charge in [0.25, 0.3) is 0 Å². The zero-order valence-corrected chi connectivity index (χ0v) is 11.1. The highest BCUT2D eigenvalue weighted by Gasteiger charge is 2.23. The molecule has 0 radical (unpaired) electrons. The summed E-state index contributed by atoms with van der Waals surface area (Å²) in [6, 6.07) is 1.84. The number of hydrogen-bond donors (Lipinski definition) is 0. The van der Waals surface area contributed by atoms with E-state index in [1.165, 1.54) is 25.7 Å². The summed E-state index contributed by atoms with van der Waals surface area (Å²) in [6.07, 6.45) is 8.69. The predicted octanol–water partition coefficient (Wildman–Crippen LogP) is 2.68. The SMILES string of the molecule is COCCn1nccc1C(=O)C1CCCCCC1. The number of hydrogen-bond acceptors (Lipinski definition) is 3. The zero-order chi connectivity index (χ0) is 12.8. The number of aromatic nitrogens is 2. The van der Waals surface area contributed by atoms with Crippen LogP contribution in [-0.4, -0.2) is 29.3 Å². The monoisotopic (exact) mass is 250 g/mol. The Balaban J connectivity index is 2.05. The summed E-state index contributed by atoms with van der Waals surface area (Å²) in [4.78, 5) is 12.5. The van der Waals surface area contributed by atoms with Crippen molar-refractivity contribution in [2.45, 2.75) is 45.1 Å². The van der Waals surface area contributed by atoms with Gasteiger partial charge in [-0.25, -0.2) is 0 Å². The second-order valence-corrected chi connectivity index (χ2v) is 4.99. The lowest BCUT2D eigenvalue weighted by molar-refractivity contribution is 0.0893. The van der Waals surface area contributed by atoms with E-state index in [2.05, 4.69) is 5.10 Å². The van der Waals surface area contributed by atoms with Gasteiger partial charge < -0.3 is 4.74 Å². The first-order valence-electron chi connectivity index (χ1n) is 6.88. The van der Waals surface area contributed by atoms with Gasteiger partial charge in [-0.15, -0.1) is 0 Å². The van der Waals surface area contributed by atoms with Crippen molar-refractivity contribution in [1.29, 1.82) is 0 Å². The fourth-order valence-electron chi connectivity index (χ4n) is 2.65. The topological polar surface area (TPSA) is 44.1 Å². The smallest absolute Gasteiger partial charge is 0.183 e. The normalized spacial score (nSPS) is 17.6. The lowest BCUT2D eigenvalue weighted by Gasteiger charge is -2.13. The van der Waals surface area contributed by atoms with Crippen molar-refractivity contribution in [3.05, 3.63) is 18.0 Å². The Morgan fingerprint density at radius 2 is 2.11 bits per heavy atom. The first-order valence-corrected chi connectivity index (χ1v) is 6.88. The molecule has 1 aliphatic carbocycles. The van der Waals surface area contributed by atoms with Gasteiger partial charge in [-0.3, -0.25) is 9.48 Å². The van der Waals surface area contributed by atoms with Crippen LogP contribution in [0.4, 0.5) is 0 Å². The maximum absolute atomic E-state index is 12.5. The van der Waals surface area contributed by atoms with Crippen LogP contribution in [-0.2, 0) is 11.3 Å². The van der Waals surface area contributed by atoms with Crippen LogP contribution in [0, 0.1) is 5.92 Å². The van der Waals surface area contributed by atoms with Gasteiger partial charge in [0.1, 0.15) is 5.69 Å². The largest absolute Gasteiger partial charge is 0.383 e. The molecular formula is C14H22N2O2. The summed E-state index contributed by atoms with van der Waals surface area (Å²) in [7, 11) is 1.66. The Kier molecular flexibility index (Phi) is 4.93. The number of ketones is 1. The quantitative estimate of drug-likeness (QED) is 0.596. The lowest BCUT2D eigenvalue weighted by atomic mass is 9.93. The Labute approximate surface area is 108 Å². The molecule has 4 nitrogen and oxygen atoms in total. The molecule has 1 aromatic heterocycles. The highest BCUT2D eigenvalue weighted by atomic mass is 16.5. The standard InChI is InChI=1S/C14H22N2O2/c1-18-11-10-16-13(8-9-15-16)14(17)12-6-4-2-3-5-7-12/h8-9,12H,2-7,10-11H2,1H3. The highest BCUT2D eigenvalue weighted by molar-refractivity contribution is 5.96. The van der Waals surface area contributed by atoms with Crippen LogP contribution in [0.2, 0.25) is 0 Å². The molecule has 1 saturated carbocycles. The van der Waals surface area contributed by atoms with Crippen molar-refractivity contribution in [3.63, 3.8) is 0 Å². The minimum absolute atomic E-state index is 0.200. The average Bonchev–Trinajstić information content (AvgIpc) is 2.68. The molecule has 18 heavy (non-hydrogen) atoms. The molecule has 0 N–H and O–H groups in total. The number of carbonyl (C=O) groups excluding carboxylic acids is 1. The third-order valence-corrected chi connectivity index (χ3v) is 3.70. The average molecular weight is 250 g/mol. The summed E-state index contributed by atoms with van der Waals surface area (Å²) >= 11 is 0. The zero-order valence-electron chi connectivity index (χ0n) is 11.1. The summed E-state index contributed by atoms with van der Waals surface area (Å²) in [5, 5.41) is 4.21. The third-order valence-electron chi connectivity index (χ3n) is 3.70. The molecule has 2 rings (SSSR count). The molecule has 0 amide bonds. The number of carbonyl (C=O) groups is 1. The number of methoxy groups -OCH3 is 1. The minimum atomic E-state index is 0.200. The van der Waals surface area contributed by atoms with E-state index in [4.69, 9.17) is 4.74 Å². The van der Waals surface area contributed by atoms with Crippen LogP contribution in [0.5, 0.6) is 0 Å². The van der Waals surface area contributed by atoms with Gasteiger partial charge in [0.15, 0.2) is 5.78 Å². The van der Waals surface area contributed by atoms with Gasteiger partial charge in [0.05, 0.1) is 13.2 Å². The molecule has 0 bridgehead atoms. The van der Waals surface area contributed by atoms with Crippen molar-refractivity contribution >= 4 is 5.78 Å². The Morgan fingerprint density at radius 1 is 1.39 bits per heavy atom. The van der Waals surface area contributed by atoms with Gasteiger partial charge in [-0.2, -0.15) is 5.10 Å². The van der Waals surface area contributed by atoms with Gasteiger partial charge in [-0.1, -0.05) is 25.7 Å². The first-order chi connectivity index (χ1) is 8.83. The van der Waals surface area contributed by atoms with Crippen molar-refractivity contribution in [3.8, 4) is 0 Å². The molecule has 100 valence electrons. The van der Waals surface area contributed by atoms with E-state index in [-0.39, 0.29) is 11.7 Å². The molecular weight excluding hydrogens is 228 g/mol.